The molecule has 0 saturated heterocycles. The summed E-state index contributed by atoms with van der Waals surface area (Å²) in [6, 6.07) is 4.64. The molecule has 1 aromatic carbocycles. The Morgan fingerprint density at radius 2 is 2.00 bits per heavy atom. The zero-order chi connectivity index (χ0) is 13.2. The van der Waals surface area contributed by atoms with Crippen molar-refractivity contribution >= 4 is 0 Å². The zero-order valence-corrected chi connectivity index (χ0v) is 11.2. The van der Waals surface area contributed by atoms with E-state index in [4.69, 9.17) is 9.47 Å². The van der Waals surface area contributed by atoms with E-state index in [9.17, 15) is 4.39 Å². The number of unbranched alkanes of at least 4 members (excludes halogenated alkanes) is 1. The number of hydrogen-bond donors (Lipinski definition) is 1. The molecule has 18 heavy (non-hydrogen) atoms. The van der Waals surface area contributed by atoms with Crippen LogP contribution in [-0.2, 0) is 11.3 Å². The van der Waals surface area contributed by atoms with Crippen molar-refractivity contribution in [2.24, 2.45) is 0 Å². The molecule has 1 rings (SSSR count). The third kappa shape index (κ3) is 5.47. The van der Waals surface area contributed by atoms with Gasteiger partial charge in [0.25, 0.3) is 0 Å². The summed E-state index contributed by atoms with van der Waals surface area (Å²) in [6.07, 6.45) is 1.91. The van der Waals surface area contributed by atoms with Gasteiger partial charge in [0.05, 0.1) is 6.61 Å². The number of benzene rings is 1. The lowest BCUT2D eigenvalue weighted by atomic mass is 10.2. The van der Waals surface area contributed by atoms with E-state index in [0.29, 0.717) is 13.2 Å². The maximum Gasteiger partial charge on any atom is 0.123 e. The minimum absolute atomic E-state index is 0.227. The van der Waals surface area contributed by atoms with Gasteiger partial charge in [-0.25, -0.2) is 4.39 Å². The van der Waals surface area contributed by atoms with Gasteiger partial charge in [0.1, 0.15) is 11.6 Å². The molecule has 0 fully saturated rings. The van der Waals surface area contributed by atoms with Gasteiger partial charge in [0, 0.05) is 25.8 Å². The summed E-state index contributed by atoms with van der Waals surface area (Å²) in [7, 11) is 1.69. The lowest BCUT2D eigenvalue weighted by Crippen LogP contribution is -2.13. The van der Waals surface area contributed by atoms with Gasteiger partial charge >= 0.3 is 0 Å². The smallest absolute Gasteiger partial charge is 0.123 e. The second-order valence-corrected chi connectivity index (χ2v) is 4.08. The molecule has 4 heteroatoms. The molecule has 0 aliphatic rings. The van der Waals surface area contributed by atoms with Crippen LogP contribution in [0.25, 0.3) is 0 Å². The molecule has 0 amide bonds. The van der Waals surface area contributed by atoms with Gasteiger partial charge in [-0.2, -0.15) is 0 Å². The Balaban J connectivity index is 2.47. The van der Waals surface area contributed by atoms with E-state index < -0.39 is 0 Å². The zero-order valence-electron chi connectivity index (χ0n) is 11.2. The fourth-order valence-corrected chi connectivity index (χ4v) is 1.62. The van der Waals surface area contributed by atoms with Crippen LogP contribution in [0, 0.1) is 5.82 Å². The largest absolute Gasteiger partial charge is 0.493 e. The third-order valence-electron chi connectivity index (χ3n) is 2.59. The van der Waals surface area contributed by atoms with E-state index in [2.05, 4.69) is 5.32 Å². The Kier molecular flexibility index (Phi) is 7.37. The van der Waals surface area contributed by atoms with E-state index in [1.54, 1.807) is 13.2 Å². The van der Waals surface area contributed by atoms with E-state index >= 15 is 0 Å². The van der Waals surface area contributed by atoms with Gasteiger partial charge in [0.2, 0.25) is 0 Å². The first-order valence-electron chi connectivity index (χ1n) is 6.38. The van der Waals surface area contributed by atoms with E-state index in [1.165, 1.54) is 12.1 Å². The van der Waals surface area contributed by atoms with Gasteiger partial charge in [-0.05, 0) is 37.6 Å². The molecule has 0 aliphatic carbocycles. The molecule has 0 aromatic heterocycles. The molecule has 0 atom stereocenters. The lowest BCUT2D eigenvalue weighted by Gasteiger charge is -2.12. The van der Waals surface area contributed by atoms with Crippen molar-refractivity contribution in [2.45, 2.75) is 26.3 Å². The molecular weight excluding hydrogens is 233 g/mol. The van der Waals surface area contributed by atoms with Crippen molar-refractivity contribution in [3.05, 3.63) is 29.6 Å². The van der Waals surface area contributed by atoms with Gasteiger partial charge in [-0.15, -0.1) is 0 Å². The van der Waals surface area contributed by atoms with E-state index in [-0.39, 0.29) is 5.82 Å². The molecule has 1 aromatic rings. The van der Waals surface area contributed by atoms with Crippen molar-refractivity contribution in [1.82, 2.24) is 5.32 Å². The molecule has 1 N–H and O–H groups in total. The maximum atomic E-state index is 13.2. The molecule has 0 heterocycles. The van der Waals surface area contributed by atoms with Crippen LogP contribution in [0.3, 0.4) is 0 Å². The van der Waals surface area contributed by atoms with Gasteiger partial charge in [-0.1, -0.05) is 6.92 Å². The molecular formula is C14H22FNO2. The summed E-state index contributed by atoms with van der Waals surface area (Å²) >= 11 is 0. The van der Waals surface area contributed by atoms with Crippen LogP contribution in [-0.4, -0.2) is 26.9 Å². The highest BCUT2D eigenvalue weighted by atomic mass is 19.1. The molecule has 102 valence electrons. The van der Waals surface area contributed by atoms with Crippen molar-refractivity contribution < 1.29 is 13.9 Å². The molecule has 0 unspecified atom stereocenters. The van der Waals surface area contributed by atoms with Gasteiger partial charge in [0.15, 0.2) is 0 Å². The highest BCUT2D eigenvalue weighted by Gasteiger charge is 2.05. The maximum absolute atomic E-state index is 13.2. The fourth-order valence-electron chi connectivity index (χ4n) is 1.62. The van der Waals surface area contributed by atoms with Crippen LogP contribution >= 0.6 is 0 Å². The van der Waals surface area contributed by atoms with Crippen molar-refractivity contribution in [3.63, 3.8) is 0 Å². The first-order chi connectivity index (χ1) is 8.77. The van der Waals surface area contributed by atoms with Gasteiger partial charge < -0.3 is 14.8 Å². The van der Waals surface area contributed by atoms with Gasteiger partial charge in [-0.3, -0.25) is 0 Å². The first-order valence-corrected chi connectivity index (χ1v) is 6.38. The second-order valence-electron chi connectivity index (χ2n) is 4.08. The third-order valence-corrected chi connectivity index (χ3v) is 2.59. The van der Waals surface area contributed by atoms with Crippen LogP contribution in [0.5, 0.6) is 5.75 Å². The minimum atomic E-state index is -0.227. The average molecular weight is 255 g/mol. The predicted octanol–water partition coefficient (Wildman–Crippen LogP) is 2.74. The fraction of sp³-hybridized carbons (Fsp3) is 0.571. The summed E-state index contributed by atoms with van der Waals surface area (Å²) in [4.78, 5) is 0. The minimum Gasteiger partial charge on any atom is -0.493 e. The first kappa shape index (κ1) is 14.9. The molecule has 0 saturated carbocycles. The Hall–Kier alpha value is -1.13. The Morgan fingerprint density at radius 1 is 1.22 bits per heavy atom. The summed E-state index contributed by atoms with van der Waals surface area (Å²) in [5.74, 6) is 0.532. The topological polar surface area (TPSA) is 30.5 Å². The molecule has 0 aliphatic heterocycles. The number of ether oxygens (including phenoxy) is 2. The molecule has 3 nitrogen and oxygen atoms in total. The highest BCUT2D eigenvalue weighted by molar-refractivity contribution is 5.33. The highest BCUT2D eigenvalue weighted by Crippen LogP contribution is 2.20. The summed E-state index contributed by atoms with van der Waals surface area (Å²) < 4.78 is 23.8. The van der Waals surface area contributed by atoms with Crippen molar-refractivity contribution in [2.75, 3.05) is 26.9 Å². The van der Waals surface area contributed by atoms with E-state index in [0.717, 1.165) is 37.3 Å². The summed E-state index contributed by atoms with van der Waals surface area (Å²) in [5, 5.41) is 3.18. The van der Waals surface area contributed by atoms with Crippen LogP contribution < -0.4 is 10.1 Å². The van der Waals surface area contributed by atoms with Crippen LogP contribution in [0.2, 0.25) is 0 Å². The standard InChI is InChI=1S/C14H22FNO2/c1-3-16-11-12-10-13(15)6-7-14(12)18-9-5-4-8-17-2/h6-7,10,16H,3-5,8-9,11H2,1-2H3. The number of halogens is 1. The van der Waals surface area contributed by atoms with Crippen molar-refractivity contribution in [1.29, 1.82) is 0 Å². The van der Waals surface area contributed by atoms with Crippen LogP contribution in [0.4, 0.5) is 4.39 Å². The van der Waals surface area contributed by atoms with E-state index in [1.807, 2.05) is 6.92 Å². The normalized spacial score (nSPS) is 10.6. The lowest BCUT2D eigenvalue weighted by molar-refractivity contribution is 0.184. The monoisotopic (exact) mass is 255 g/mol. The number of nitrogens with one attached hydrogen (secondary N) is 1. The number of hydrogen-bond acceptors (Lipinski definition) is 3. The van der Waals surface area contributed by atoms with Crippen LogP contribution in [0.15, 0.2) is 18.2 Å². The Bertz CT molecular complexity index is 345. The quantitative estimate of drug-likeness (QED) is 0.688. The second kappa shape index (κ2) is 8.89. The molecule has 0 bridgehead atoms. The van der Waals surface area contributed by atoms with Crippen LogP contribution in [0.1, 0.15) is 25.3 Å². The molecule has 0 spiro atoms. The SMILES string of the molecule is CCNCc1cc(F)ccc1OCCCCOC. The molecule has 0 radical (unpaired) electrons. The summed E-state index contributed by atoms with van der Waals surface area (Å²) in [5.41, 5.74) is 0.864. The van der Waals surface area contributed by atoms with Crippen molar-refractivity contribution in [3.8, 4) is 5.75 Å². The number of rotatable bonds is 9. The Morgan fingerprint density at radius 3 is 2.72 bits per heavy atom. The Labute approximate surface area is 108 Å². The average Bonchev–Trinajstić information content (AvgIpc) is 2.38. The summed E-state index contributed by atoms with van der Waals surface area (Å²) in [6.45, 7) is 4.88. The number of methoxy groups -OCH3 is 1. The predicted molar refractivity (Wildman–Crippen MR) is 70.4 cm³/mol.